The van der Waals surface area contributed by atoms with Gasteiger partial charge in [-0.2, -0.15) is 0 Å². The van der Waals surface area contributed by atoms with Gasteiger partial charge in [-0.05, 0) is 37.3 Å². The van der Waals surface area contributed by atoms with Gasteiger partial charge in [-0.1, -0.05) is 35.9 Å². The van der Waals surface area contributed by atoms with Crippen LogP contribution < -0.4 is 10.2 Å². The standard InChI is InChI=1S/C22H22N2O6S/c1-16-6-5-7-17(12-16)22(27)23-13-21(26)30-14-20(25)24(18-8-3-2-4-9-18)19-10-11-31(28,29)15-19/h2-12,19H,13-15H2,1H3,(H,23,27). The number of benzene rings is 2. The first-order valence-electron chi connectivity index (χ1n) is 9.54. The first kappa shape index (κ1) is 22.2. The van der Waals surface area contributed by atoms with Crippen molar-refractivity contribution in [2.45, 2.75) is 13.0 Å². The van der Waals surface area contributed by atoms with Crippen LogP contribution in [0.3, 0.4) is 0 Å². The lowest BCUT2D eigenvalue weighted by Gasteiger charge is -2.27. The summed E-state index contributed by atoms with van der Waals surface area (Å²) >= 11 is 0. The third-order valence-electron chi connectivity index (χ3n) is 4.58. The number of anilines is 1. The normalized spacial score (nSPS) is 16.5. The van der Waals surface area contributed by atoms with Crippen LogP contribution in [0, 0.1) is 6.92 Å². The van der Waals surface area contributed by atoms with Gasteiger partial charge < -0.3 is 15.0 Å². The zero-order chi connectivity index (χ0) is 22.4. The van der Waals surface area contributed by atoms with Crippen molar-refractivity contribution in [2.24, 2.45) is 0 Å². The number of para-hydroxylation sites is 1. The van der Waals surface area contributed by atoms with Crippen molar-refractivity contribution in [2.75, 3.05) is 23.8 Å². The van der Waals surface area contributed by atoms with Crippen LogP contribution in [0.4, 0.5) is 5.69 Å². The number of sulfone groups is 1. The Morgan fingerprint density at radius 3 is 2.48 bits per heavy atom. The summed E-state index contributed by atoms with van der Waals surface area (Å²) < 4.78 is 28.6. The summed E-state index contributed by atoms with van der Waals surface area (Å²) in [6.45, 7) is 0.863. The lowest BCUT2D eigenvalue weighted by molar-refractivity contribution is -0.146. The second kappa shape index (κ2) is 9.57. The van der Waals surface area contributed by atoms with E-state index in [1.165, 1.54) is 11.0 Å². The van der Waals surface area contributed by atoms with Gasteiger partial charge >= 0.3 is 5.97 Å². The van der Waals surface area contributed by atoms with Gasteiger partial charge in [0.1, 0.15) is 6.54 Å². The molecule has 2 aromatic carbocycles. The van der Waals surface area contributed by atoms with Crippen molar-refractivity contribution >= 4 is 33.3 Å². The number of aryl methyl sites for hydroxylation is 1. The van der Waals surface area contributed by atoms with Crippen LogP contribution in [-0.2, 0) is 24.2 Å². The molecular weight excluding hydrogens is 420 g/mol. The number of amides is 2. The molecule has 0 radical (unpaired) electrons. The summed E-state index contributed by atoms with van der Waals surface area (Å²) in [6.07, 6.45) is 1.43. The smallest absolute Gasteiger partial charge is 0.325 e. The quantitative estimate of drug-likeness (QED) is 0.653. The molecule has 1 heterocycles. The highest BCUT2D eigenvalue weighted by Crippen LogP contribution is 2.22. The molecule has 0 saturated heterocycles. The van der Waals surface area contributed by atoms with Crippen molar-refractivity contribution in [3.8, 4) is 0 Å². The average molecular weight is 442 g/mol. The van der Waals surface area contributed by atoms with Gasteiger partial charge in [0.15, 0.2) is 16.4 Å². The first-order chi connectivity index (χ1) is 14.7. The minimum Gasteiger partial charge on any atom is -0.454 e. The number of nitrogens with zero attached hydrogens (tertiary/aromatic N) is 1. The van der Waals surface area contributed by atoms with Crippen molar-refractivity contribution in [3.63, 3.8) is 0 Å². The Labute approximate surface area is 180 Å². The van der Waals surface area contributed by atoms with Gasteiger partial charge in [-0.3, -0.25) is 14.4 Å². The Kier molecular flexibility index (Phi) is 6.86. The second-order valence-corrected chi connectivity index (χ2v) is 8.97. The van der Waals surface area contributed by atoms with Gasteiger partial charge in [0.2, 0.25) is 0 Å². The molecule has 2 amide bonds. The predicted octanol–water partition coefficient (Wildman–Crippen LogP) is 1.61. The minimum atomic E-state index is -3.39. The highest BCUT2D eigenvalue weighted by molar-refractivity contribution is 7.94. The van der Waals surface area contributed by atoms with Crippen LogP contribution >= 0.6 is 0 Å². The molecule has 0 spiro atoms. The van der Waals surface area contributed by atoms with Gasteiger partial charge in [0.05, 0.1) is 11.8 Å². The SMILES string of the molecule is Cc1cccc(C(=O)NCC(=O)OCC(=O)N(c2ccccc2)C2C=CS(=O)(=O)C2)c1. The third-order valence-corrected chi connectivity index (χ3v) is 5.95. The number of hydrogen-bond donors (Lipinski definition) is 1. The summed E-state index contributed by atoms with van der Waals surface area (Å²) in [4.78, 5) is 38.2. The minimum absolute atomic E-state index is 0.242. The van der Waals surface area contributed by atoms with Gasteiger partial charge in [-0.15, -0.1) is 0 Å². The van der Waals surface area contributed by atoms with E-state index in [0.717, 1.165) is 11.0 Å². The van der Waals surface area contributed by atoms with E-state index in [-0.39, 0.29) is 5.75 Å². The first-order valence-corrected chi connectivity index (χ1v) is 11.3. The fraction of sp³-hybridized carbons (Fsp3) is 0.227. The maximum atomic E-state index is 12.8. The molecule has 162 valence electrons. The Morgan fingerprint density at radius 1 is 1.10 bits per heavy atom. The fourth-order valence-corrected chi connectivity index (χ4v) is 4.40. The molecule has 2 aromatic rings. The van der Waals surface area contributed by atoms with Crippen LogP contribution in [0.1, 0.15) is 15.9 Å². The van der Waals surface area contributed by atoms with E-state index < -0.39 is 46.8 Å². The molecule has 31 heavy (non-hydrogen) atoms. The Hall–Kier alpha value is -3.46. The van der Waals surface area contributed by atoms with Gasteiger partial charge in [-0.25, -0.2) is 8.42 Å². The van der Waals surface area contributed by atoms with Crippen molar-refractivity contribution < 1.29 is 27.5 Å². The number of hydrogen-bond acceptors (Lipinski definition) is 6. The Morgan fingerprint density at radius 2 is 1.84 bits per heavy atom. The Balaban J connectivity index is 1.58. The molecule has 1 unspecified atom stereocenters. The number of carbonyl (C=O) groups excluding carboxylic acids is 3. The molecule has 1 atom stereocenters. The average Bonchev–Trinajstić information content (AvgIpc) is 3.10. The zero-order valence-corrected chi connectivity index (χ0v) is 17.7. The van der Waals surface area contributed by atoms with Crippen molar-refractivity contribution in [1.82, 2.24) is 5.32 Å². The lowest BCUT2D eigenvalue weighted by atomic mass is 10.1. The van der Waals surface area contributed by atoms with E-state index >= 15 is 0 Å². The highest BCUT2D eigenvalue weighted by atomic mass is 32.2. The molecule has 8 nitrogen and oxygen atoms in total. The maximum absolute atomic E-state index is 12.8. The fourth-order valence-electron chi connectivity index (χ4n) is 3.13. The molecular formula is C22H22N2O6S. The third kappa shape index (κ3) is 6.02. The van der Waals surface area contributed by atoms with Gasteiger partial charge in [0, 0.05) is 16.7 Å². The predicted molar refractivity (Wildman–Crippen MR) is 115 cm³/mol. The molecule has 3 rings (SSSR count). The number of ether oxygens (including phenoxy) is 1. The molecule has 9 heteroatoms. The number of rotatable bonds is 7. The number of nitrogens with one attached hydrogen (secondary N) is 1. The summed E-state index contributed by atoms with van der Waals surface area (Å²) in [5.74, 6) is -2.03. The zero-order valence-electron chi connectivity index (χ0n) is 16.9. The molecule has 1 N–H and O–H groups in total. The lowest BCUT2D eigenvalue weighted by Crippen LogP contribution is -2.44. The molecule has 0 aliphatic carbocycles. The summed E-state index contributed by atoms with van der Waals surface area (Å²) in [5.41, 5.74) is 1.81. The molecule has 0 fully saturated rings. The van der Waals surface area contributed by atoms with Crippen molar-refractivity contribution in [3.05, 3.63) is 77.2 Å². The topological polar surface area (TPSA) is 110 Å². The molecule has 0 bridgehead atoms. The van der Waals surface area contributed by atoms with Crippen LogP contribution in [0.5, 0.6) is 0 Å². The molecule has 0 aromatic heterocycles. The summed E-state index contributed by atoms with van der Waals surface area (Å²) in [7, 11) is -3.39. The van der Waals surface area contributed by atoms with E-state index in [0.29, 0.717) is 11.3 Å². The van der Waals surface area contributed by atoms with Crippen LogP contribution in [-0.4, -0.2) is 51.1 Å². The molecule has 0 saturated carbocycles. The number of carbonyl (C=O) groups is 3. The van der Waals surface area contributed by atoms with Crippen LogP contribution in [0.2, 0.25) is 0 Å². The highest BCUT2D eigenvalue weighted by Gasteiger charge is 2.31. The molecule has 1 aliphatic heterocycles. The van der Waals surface area contributed by atoms with E-state index in [9.17, 15) is 22.8 Å². The van der Waals surface area contributed by atoms with Crippen LogP contribution in [0.25, 0.3) is 0 Å². The Bertz CT molecular complexity index is 1110. The molecule has 1 aliphatic rings. The largest absolute Gasteiger partial charge is 0.454 e. The van der Waals surface area contributed by atoms with E-state index in [2.05, 4.69) is 5.32 Å². The monoisotopic (exact) mass is 442 g/mol. The van der Waals surface area contributed by atoms with Gasteiger partial charge in [0.25, 0.3) is 11.8 Å². The van der Waals surface area contributed by atoms with E-state index in [4.69, 9.17) is 4.74 Å². The van der Waals surface area contributed by atoms with Crippen LogP contribution in [0.15, 0.2) is 66.1 Å². The van der Waals surface area contributed by atoms with E-state index in [1.807, 2.05) is 13.0 Å². The van der Waals surface area contributed by atoms with Crippen molar-refractivity contribution in [1.29, 1.82) is 0 Å². The second-order valence-electron chi connectivity index (χ2n) is 7.04. The van der Waals surface area contributed by atoms with E-state index in [1.54, 1.807) is 48.5 Å². The summed E-state index contributed by atoms with van der Waals surface area (Å²) in [6, 6.07) is 14.7. The maximum Gasteiger partial charge on any atom is 0.325 e. The number of esters is 1. The summed E-state index contributed by atoms with van der Waals surface area (Å²) in [5, 5.41) is 3.52.